The first-order chi connectivity index (χ1) is 8.88. The van der Waals surface area contributed by atoms with E-state index >= 15 is 0 Å². The number of rotatable bonds is 2. The van der Waals surface area contributed by atoms with Crippen LogP contribution in [-0.2, 0) is 0 Å². The largest absolute Gasteiger partial charge is 0.454 e. The van der Waals surface area contributed by atoms with E-state index in [4.69, 9.17) is 33.7 Å². The van der Waals surface area contributed by atoms with Gasteiger partial charge in [-0.15, -0.1) is 0 Å². The summed E-state index contributed by atoms with van der Waals surface area (Å²) in [4.78, 5) is 0. The number of benzene rings is 2. The van der Waals surface area contributed by atoms with Gasteiger partial charge in [-0.2, -0.15) is 0 Å². The van der Waals surface area contributed by atoms with Crippen molar-refractivity contribution in [3.8, 4) is 11.5 Å². The van der Waals surface area contributed by atoms with Gasteiger partial charge >= 0.3 is 0 Å². The molecule has 2 aromatic rings. The van der Waals surface area contributed by atoms with E-state index in [0.717, 1.165) is 12.1 Å². The van der Waals surface area contributed by atoms with Crippen molar-refractivity contribution < 1.29 is 13.5 Å². The summed E-state index contributed by atoms with van der Waals surface area (Å²) in [5, 5.41) is -0.195. The molecule has 2 N–H and O–H groups in total. The first-order valence-electron chi connectivity index (χ1n) is 4.95. The number of anilines is 1. The van der Waals surface area contributed by atoms with Crippen LogP contribution >= 0.6 is 39.1 Å². The van der Waals surface area contributed by atoms with E-state index in [1.807, 2.05) is 0 Å². The molecule has 19 heavy (non-hydrogen) atoms. The van der Waals surface area contributed by atoms with E-state index in [9.17, 15) is 8.78 Å². The Kier molecular flexibility index (Phi) is 4.18. The third kappa shape index (κ3) is 3.11. The molecule has 0 aromatic heterocycles. The van der Waals surface area contributed by atoms with E-state index in [2.05, 4.69) is 15.9 Å². The molecule has 2 nitrogen and oxygen atoms in total. The molecule has 0 radical (unpaired) electrons. The van der Waals surface area contributed by atoms with E-state index in [1.165, 1.54) is 12.1 Å². The number of halogens is 5. The number of nitrogen functional groups attached to an aromatic ring is 1. The zero-order valence-corrected chi connectivity index (χ0v) is 12.3. The summed E-state index contributed by atoms with van der Waals surface area (Å²) in [6.45, 7) is 0. The van der Waals surface area contributed by atoms with Gasteiger partial charge in [0, 0.05) is 18.2 Å². The predicted octanol–water partition coefficient (Wildman–Crippen LogP) is 5.41. The monoisotopic (exact) mass is 367 g/mol. The van der Waals surface area contributed by atoms with Crippen LogP contribution in [0.3, 0.4) is 0 Å². The Morgan fingerprint density at radius 1 is 0.947 bits per heavy atom. The molecule has 2 rings (SSSR count). The van der Waals surface area contributed by atoms with Crippen LogP contribution in [0.15, 0.2) is 28.7 Å². The lowest BCUT2D eigenvalue weighted by Crippen LogP contribution is -1.95. The summed E-state index contributed by atoms with van der Waals surface area (Å²) < 4.78 is 32.3. The second-order valence-corrected chi connectivity index (χ2v) is 5.27. The maximum atomic E-state index is 13.4. The summed E-state index contributed by atoms with van der Waals surface area (Å²) >= 11 is 14.4. The second-order valence-electron chi connectivity index (χ2n) is 3.60. The molecule has 100 valence electrons. The average Bonchev–Trinajstić information content (AvgIpc) is 2.32. The van der Waals surface area contributed by atoms with E-state index < -0.39 is 11.6 Å². The van der Waals surface area contributed by atoms with Crippen LogP contribution in [0.2, 0.25) is 10.0 Å². The molecule has 7 heteroatoms. The number of hydrogen-bond donors (Lipinski definition) is 1. The first kappa shape index (κ1) is 14.4. The minimum Gasteiger partial charge on any atom is -0.454 e. The van der Waals surface area contributed by atoms with Crippen molar-refractivity contribution in [3.05, 3.63) is 50.4 Å². The van der Waals surface area contributed by atoms with Gasteiger partial charge in [0.1, 0.15) is 17.4 Å². The van der Waals surface area contributed by atoms with Crippen molar-refractivity contribution in [3.63, 3.8) is 0 Å². The van der Waals surface area contributed by atoms with Gasteiger partial charge in [-0.05, 0) is 22.0 Å². The molecule has 0 aliphatic carbocycles. The molecule has 0 bridgehead atoms. The van der Waals surface area contributed by atoms with Crippen LogP contribution in [0.1, 0.15) is 0 Å². The van der Waals surface area contributed by atoms with Crippen LogP contribution in [0.4, 0.5) is 14.5 Å². The Hall–Kier alpha value is -1.04. The van der Waals surface area contributed by atoms with Crippen LogP contribution in [0.5, 0.6) is 11.5 Å². The molecule has 0 saturated carbocycles. The summed E-state index contributed by atoms with van der Waals surface area (Å²) in [6.07, 6.45) is 0. The maximum absolute atomic E-state index is 13.4. The molecule has 0 saturated heterocycles. The standard InChI is InChI=1S/C12H6BrCl2F2NO/c13-5-1-6(14)9(17)4-11(5)19-12-2-7(15)8(16)3-10(12)18/h1-4H,18H2. The highest BCUT2D eigenvalue weighted by molar-refractivity contribution is 9.10. The van der Waals surface area contributed by atoms with Gasteiger partial charge < -0.3 is 10.5 Å². The number of hydrogen-bond acceptors (Lipinski definition) is 2. The molecule has 0 atom stereocenters. The Morgan fingerprint density at radius 2 is 1.53 bits per heavy atom. The van der Waals surface area contributed by atoms with E-state index in [0.29, 0.717) is 4.47 Å². The van der Waals surface area contributed by atoms with Crippen molar-refractivity contribution in [2.24, 2.45) is 0 Å². The fraction of sp³-hybridized carbons (Fsp3) is 0. The molecule has 0 aliphatic rings. The van der Waals surface area contributed by atoms with Crippen LogP contribution < -0.4 is 10.5 Å². The van der Waals surface area contributed by atoms with Crippen LogP contribution in [0.25, 0.3) is 0 Å². The predicted molar refractivity (Wildman–Crippen MR) is 75.0 cm³/mol. The van der Waals surface area contributed by atoms with Gasteiger partial charge in [-0.25, -0.2) is 8.78 Å². The van der Waals surface area contributed by atoms with Gasteiger partial charge in [0.2, 0.25) is 0 Å². The molecular weight excluding hydrogens is 363 g/mol. The smallest absolute Gasteiger partial charge is 0.152 e. The number of nitrogens with two attached hydrogens (primary N) is 1. The SMILES string of the molecule is Nc1cc(F)c(Cl)cc1Oc1cc(F)c(Cl)cc1Br. The lowest BCUT2D eigenvalue weighted by molar-refractivity contribution is 0.474. The topological polar surface area (TPSA) is 35.2 Å². The third-order valence-electron chi connectivity index (χ3n) is 2.25. The Bertz CT molecular complexity index is 597. The second kappa shape index (κ2) is 5.53. The van der Waals surface area contributed by atoms with E-state index in [1.54, 1.807) is 0 Å². The average molecular weight is 369 g/mol. The summed E-state index contributed by atoms with van der Waals surface area (Å²) in [7, 11) is 0. The molecule has 0 spiro atoms. The normalized spacial score (nSPS) is 10.6. The van der Waals surface area contributed by atoms with E-state index in [-0.39, 0.29) is 27.2 Å². The van der Waals surface area contributed by atoms with Gasteiger partial charge in [0.05, 0.1) is 20.2 Å². The Labute approximate surface area is 126 Å². The Morgan fingerprint density at radius 3 is 2.21 bits per heavy atom. The van der Waals surface area contributed by atoms with Crippen molar-refractivity contribution >= 4 is 44.8 Å². The summed E-state index contributed by atoms with van der Waals surface area (Å²) in [5.74, 6) is -1.04. The van der Waals surface area contributed by atoms with Crippen molar-refractivity contribution in [2.45, 2.75) is 0 Å². The molecule has 0 unspecified atom stereocenters. The van der Waals surface area contributed by atoms with Gasteiger partial charge in [-0.1, -0.05) is 23.2 Å². The zero-order valence-electron chi connectivity index (χ0n) is 9.18. The highest BCUT2D eigenvalue weighted by atomic mass is 79.9. The highest BCUT2D eigenvalue weighted by Crippen LogP contribution is 2.37. The molecule has 0 amide bonds. The molecule has 2 aromatic carbocycles. The van der Waals surface area contributed by atoms with Crippen LogP contribution in [-0.4, -0.2) is 0 Å². The quantitative estimate of drug-likeness (QED) is 0.568. The zero-order chi connectivity index (χ0) is 14.2. The minimum absolute atomic E-state index is 0.0455. The van der Waals surface area contributed by atoms with Gasteiger partial charge in [0.25, 0.3) is 0 Å². The molecule has 0 aliphatic heterocycles. The first-order valence-corrected chi connectivity index (χ1v) is 6.50. The highest BCUT2D eigenvalue weighted by Gasteiger charge is 2.12. The fourth-order valence-corrected chi connectivity index (χ4v) is 2.21. The molecule has 0 heterocycles. The summed E-state index contributed by atoms with van der Waals surface area (Å²) in [5.41, 5.74) is 5.64. The molecule has 0 fully saturated rings. The van der Waals surface area contributed by atoms with Crippen molar-refractivity contribution in [1.29, 1.82) is 0 Å². The van der Waals surface area contributed by atoms with Gasteiger partial charge in [-0.3, -0.25) is 0 Å². The maximum Gasteiger partial charge on any atom is 0.152 e. The van der Waals surface area contributed by atoms with Crippen LogP contribution in [0, 0.1) is 11.6 Å². The third-order valence-corrected chi connectivity index (χ3v) is 3.45. The molecular formula is C12H6BrCl2F2NO. The lowest BCUT2D eigenvalue weighted by Gasteiger charge is -2.11. The van der Waals surface area contributed by atoms with Gasteiger partial charge in [0.15, 0.2) is 5.75 Å². The summed E-state index contributed by atoms with van der Waals surface area (Å²) in [6, 6.07) is 4.67. The lowest BCUT2D eigenvalue weighted by atomic mass is 10.3. The Balaban J connectivity index is 2.42. The van der Waals surface area contributed by atoms with Crippen molar-refractivity contribution in [2.75, 3.05) is 5.73 Å². The fourth-order valence-electron chi connectivity index (χ4n) is 1.33. The number of ether oxygens (including phenoxy) is 1. The van der Waals surface area contributed by atoms with Crippen molar-refractivity contribution in [1.82, 2.24) is 0 Å². The minimum atomic E-state index is -0.659.